The highest BCUT2D eigenvalue weighted by molar-refractivity contribution is 7.89. The molecule has 15 nitrogen and oxygen atoms in total. The van der Waals surface area contributed by atoms with Crippen molar-refractivity contribution in [3.63, 3.8) is 0 Å². The molecule has 6 fully saturated rings. The number of cyclic esters (lactones) is 1. The van der Waals surface area contributed by atoms with Crippen molar-refractivity contribution in [3.8, 4) is 22.4 Å². The third-order valence-corrected chi connectivity index (χ3v) is 20.7. The molecule has 5 aliphatic heterocycles. The standard InChI is InChI=1S/C65H81FN8O7S/c1-7-72-54-23-20-46-34-50(54)51(58(72)49-14-10-26-67-55(49)41(3)80-6)35-64(4,5)39-81-63(78)52-15-11-27-73(69-52)61(76)53(33-42-30-43(36-66)32-47(46)31-42)68-60(75)57(44-12-8-9-13-44)70-28-24-65(37-70)25-29-71(38-65)62(77)59-56(45-18-19-45)74(59)82(79)48-21-16-40(2)17-22-48/h10,14,16-17,20-23,26,30-32,34,41,44-45,52-53,56-57,59,69H,7-9,11-13,15,18-19,24-25,27-29,33,35-39H2,1-6H3,(H,68,75)/t41-,52-,53-,56+,57-,59+,65-,74?,82?/m0/s1. The molecule has 0 radical (unpaired) electrons. The first-order valence-electron chi connectivity index (χ1n) is 30.2. The van der Waals surface area contributed by atoms with E-state index in [4.69, 9.17) is 14.5 Å². The van der Waals surface area contributed by atoms with Crippen LogP contribution in [0.1, 0.15) is 126 Å². The van der Waals surface area contributed by atoms with E-state index in [1.54, 1.807) is 19.4 Å². The van der Waals surface area contributed by atoms with Crippen LogP contribution in [0.25, 0.3) is 33.3 Å². The Balaban J connectivity index is 0.849. The number of ether oxygens (including phenoxy) is 2. The van der Waals surface area contributed by atoms with Crippen molar-refractivity contribution in [3.05, 3.63) is 107 Å². The SMILES string of the molecule is CCn1c(-c2cccnc2[C@H](C)OC)c2c3cc(ccc31)-c1cc(CF)cc(c1)C[C@H](NC(=O)[C@H](C1CCCC1)N1CC[C@]3(CCN(C(=O)[C@H]4[C@@H](C5CC5)N4[S+]([O-])c4ccc(C)cc4)C3)C1)C(=O)N1CCC[C@H](N1)C(=O)OCC(C)(C)C2. The highest BCUT2D eigenvalue weighted by atomic mass is 32.2. The van der Waals surface area contributed by atoms with Crippen molar-refractivity contribution in [2.75, 3.05) is 46.4 Å². The number of alkyl halides is 1. The molecule has 6 bridgehead atoms. The fourth-order valence-corrected chi connectivity index (χ4v) is 16.2. The van der Waals surface area contributed by atoms with Crippen LogP contribution in [0.2, 0.25) is 0 Å². The number of hydrazine groups is 1. The number of pyridine rings is 1. The van der Waals surface area contributed by atoms with Gasteiger partial charge in [-0.25, -0.2) is 9.82 Å². The molecule has 17 heteroatoms. The summed E-state index contributed by atoms with van der Waals surface area (Å²) in [6.45, 7) is 13.3. The van der Waals surface area contributed by atoms with E-state index in [0.29, 0.717) is 75.6 Å². The van der Waals surface area contributed by atoms with Gasteiger partial charge in [0.05, 0.1) is 47.5 Å². The molecule has 2 unspecified atom stereocenters. The van der Waals surface area contributed by atoms with Gasteiger partial charge in [0, 0.05) is 79.7 Å². The van der Waals surface area contributed by atoms with Crippen LogP contribution in [-0.2, 0) is 66.1 Å². The minimum absolute atomic E-state index is 0.00573. The Hall–Kier alpha value is -5.69. The molecule has 3 aromatic carbocycles. The zero-order valence-electron chi connectivity index (χ0n) is 48.6. The van der Waals surface area contributed by atoms with Gasteiger partial charge in [0.25, 0.3) is 5.91 Å². The first-order valence-corrected chi connectivity index (χ1v) is 31.3. The molecule has 2 aromatic heterocycles. The molecule has 2 aliphatic carbocycles. The smallest absolute Gasteiger partial charge is 0.324 e. The van der Waals surface area contributed by atoms with E-state index in [0.717, 1.165) is 106 Å². The summed E-state index contributed by atoms with van der Waals surface area (Å²) in [5, 5.41) is 5.84. The predicted molar refractivity (Wildman–Crippen MR) is 314 cm³/mol. The Bertz CT molecular complexity index is 3230. The van der Waals surface area contributed by atoms with Gasteiger partial charge in [0.2, 0.25) is 11.8 Å². The van der Waals surface area contributed by atoms with Gasteiger partial charge < -0.3 is 28.8 Å². The number of methoxy groups -OCH3 is 1. The van der Waals surface area contributed by atoms with Crippen molar-refractivity contribution in [1.82, 2.24) is 39.4 Å². The lowest BCUT2D eigenvalue weighted by atomic mass is 9.84. The second-order valence-electron chi connectivity index (χ2n) is 25.7. The van der Waals surface area contributed by atoms with Crippen LogP contribution >= 0.6 is 0 Å². The summed E-state index contributed by atoms with van der Waals surface area (Å²) in [7, 11) is 1.69. The third kappa shape index (κ3) is 11.1. The Morgan fingerprint density at radius 1 is 0.951 bits per heavy atom. The number of nitrogens with zero attached hydrogens (tertiary/aromatic N) is 6. The lowest BCUT2D eigenvalue weighted by molar-refractivity contribution is -0.155. The van der Waals surface area contributed by atoms with Crippen molar-refractivity contribution < 1.29 is 37.6 Å². The highest BCUT2D eigenvalue weighted by Crippen LogP contribution is 2.52. The molecule has 9 atom stereocenters. The molecule has 436 valence electrons. The lowest BCUT2D eigenvalue weighted by Crippen LogP contribution is -2.62. The molecule has 82 heavy (non-hydrogen) atoms. The van der Waals surface area contributed by atoms with Crippen molar-refractivity contribution in [1.29, 1.82) is 0 Å². The summed E-state index contributed by atoms with van der Waals surface area (Å²) in [5.74, 6) is -0.488. The van der Waals surface area contributed by atoms with Gasteiger partial charge in [0.15, 0.2) is 10.9 Å². The van der Waals surface area contributed by atoms with E-state index in [-0.39, 0.29) is 60.3 Å². The van der Waals surface area contributed by atoms with Crippen LogP contribution in [0.4, 0.5) is 4.39 Å². The van der Waals surface area contributed by atoms with Gasteiger partial charge in [-0.3, -0.25) is 34.1 Å². The van der Waals surface area contributed by atoms with Gasteiger partial charge in [-0.05, 0) is 167 Å². The van der Waals surface area contributed by atoms with E-state index in [2.05, 4.69) is 65.2 Å². The highest BCUT2D eigenvalue weighted by Gasteiger charge is 2.67. The number of aryl methyl sites for hydroxylation is 2. The first kappa shape index (κ1) is 56.8. The Kier molecular flexibility index (Phi) is 16.0. The number of carbonyl (C=O) groups is 4. The molecular weight excluding hydrogens is 1060 g/mol. The minimum atomic E-state index is -1.42. The average molecular weight is 1140 g/mol. The van der Waals surface area contributed by atoms with Crippen LogP contribution in [0.15, 0.2) is 83.9 Å². The molecule has 12 rings (SSSR count). The Morgan fingerprint density at radius 2 is 1.73 bits per heavy atom. The maximum absolute atomic E-state index is 15.5. The number of fused-ring (bicyclic) bond motifs is 6. The number of amides is 3. The largest absolute Gasteiger partial charge is 0.593 e. The molecule has 7 aliphatic rings. The molecule has 2 N–H and O–H groups in total. The van der Waals surface area contributed by atoms with Crippen molar-refractivity contribution >= 4 is 46.0 Å². The molecule has 2 saturated carbocycles. The number of rotatable bonds is 13. The van der Waals surface area contributed by atoms with Crippen LogP contribution < -0.4 is 10.7 Å². The number of halogens is 1. The molecule has 7 heterocycles. The van der Waals surface area contributed by atoms with Gasteiger partial charge >= 0.3 is 5.97 Å². The average Bonchev–Trinajstić information content (AvgIpc) is 4.01. The predicted octanol–water partition coefficient (Wildman–Crippen LogP) is 9.19. The van der Waals surface area contributed by atoms with E-state index in [1.807, 2.05) is 65.5 Å². The maximum Gasteiger partial charge on any atom is 0.324 e. The number of likely N-dealkylation sites (tertiary alicyclic amines) is 2. The zero-order valence-corrected chi connectivity index (χ0v) is 49.4. The van der Waals surface area contributed by atoms with Crippen LogP contribution in [-0.4, -0.2) is 134 Å². The number of hydrogen-bond acceptors (Lipinski definition) is 11. The lowest BCUT2D eigenvalue weighted by Gasteiger charge is -2.37. The van der Waals surface area contributed by atoms with Gasteiger partial charge in [-0.15, -0.1) is 4.31 Å². The Labute approximate surface area is 485 Å². The van der Waals surface area contributed by atoms with E-state index >= 15 is 14.0 Å². The number of hydrogen-bond donors (Lipinski definition) is 2. The fraction of sp³-hybridized carbons (Fsp3) is 0.554. The second-order valence-corrected chi connectivity index (χ2v) is 27.1. The summed E-state index contributed by atoms with van der Waals surface area (Å²) in [4.78, 5) is 69.3. The number of nitrogens with one attached hydrogen (secondary N) is 2. The first-order chi connectivity index (χ1) is 39.6. The molecular formula is C65H81FN8O7S. The number of esters is 1. The fourth-order valence-electron chi connectivity index (χ4n) is 14.7. The van der Waals surface area contributed by atoms with Gasteiger partial charge in [-0.1, -0.05) is 62.6 Å². The van der Waals surface area contributed by atoms with Crippen molar-refractivity contribution in [2.45, 2.75) is 166 Å². The minimum Gasteiger partial charge on any atom is -0.593 e. The summed E-state index contributed by atoms with van der Waals surface area (Å²) in [5.41, 5.74) is 11.4. The molecule has 4 saturated heterocycles. The van der Waals surface area contributed by atoms with Crippen LogP contribution in [0.5, 0.6) is 0 Å². The van der Waals surface area contributed by atoms with Crippen LogP contribution in [0.3, 0.4) is 0 Å². The summed E-state index contributed by atoms with van der Waals surface area (Å²) >= 11 is -1.42. The van der Waals surface area contributed by atoms with Gasteiger partial charge in [-0.2, -0.15) is 0 Å². The molecule has 1 spiro atoms. The second kappa shape index (κ2) is 23.1. The third-order valence-electron chi connectivity index (χ3n) is 19.2. The van der Waals surface area contributed by atoms with Crippen molar-refractivity contribution in [2.24, 2.45) is 22.7 Å². The molecule has 3 amide bonds. The van der Waals surface area contributed by atoms with E-state index in [1.165, 1.54) is 5.01 Å². The number of aromatic nitrogens is 2. The normalized spacial score (nSPS) is 27.1. The topological polar surface area (TPSA) is 164 Å². The monoisotopic (exact) mass is 1140 g/mol. The zero-order chi connectivity index (χ0) is 57.2. The molecule has 5 aromatic rings. The van der Waals surface area contributed by atoms with E-state index < -0.39 is 47.5 Å². The van der Waals surface area contributed by atoms with E-state index in [9.17, 15) is 14.1 Å². The Morgan fingerprint density at radius 3 is 2.48 bits per heavy atom. The quantitative estimate of drug-likeness (QED) is 0.0657. The number of carbonyl (C=O) groups excluding carboxylic acids is 4. The summed E-state index contributed by atoms with van der Waals surface area (Å²) in [6, 6.07) is 21.2. The summed E-state index contributed by atoms with van der Waals surface area (Å²) in [6.07, 6.45) is 10.7. The van der Waals surface area contributed by atoms with Gasteiger partial charge in [0.1, 0.15) is 18.8 Å². The maximum atomic E-state index is 15.5. The number of benzene rings is 3. The summed E-state index contributed by atoms with van der Waals surface area (Å²) < 4.78 is 45.5. The van der Waals surface area contributed by atoms with Crippen LogP contribution in [0, 0.1) is 29.6 Å².